The fourth-order valence-corrected chi connectivity index (χ4v) is 2.47. The first-order valence-corrected chi connectivity index (χ1v) is 8.83. The van der Waals surface area contributed by atoms with Gasteiger partial charge in [-0.15, -0.1) is 24.0 Å². The number of benzene rings is 1. The first kappa shape index (κ1) is 22.4. The maximum absolute atomic E-state index is 5.56. The van der Waals surface area contributed by atoms with Crippen LogP contribution >= 0.6 is 24.0 Å². The van der Waals surface area contributed by atoms with Crippen LogP contribution in [0.1, 0.15) is 25.6 Å². The van der Waals surface area contributed by atoms with E-state index < -0.39 is 0 Å². The zero-order valence-electron chi connectivity index (χ0n) is 15.9. The molecule has 1 heterocycles. The molecule has 7 heteroatoms. The van der Waals surface area contributed by atoms with Gasteiger partial charge < -0.3 is 19.9 Å². The van der Waals surface area contributed by atoms with Gasteiger partial charge in [0.15, 0.2) is 5.96 Å². The molecule has 2 N–H and O–H groups in total. The standard InChI is InChI=1S/C19H29N5O.HI/c1-4-5-12-25-13-11-21-19(20-2)24(3)15-18-22-14-17(23-18)16-9-7-6-8-10-16;/h6-10,14H,4-5,11-13,15H2,1-3H3,(H,20,21)(H,22,23);1H. The van der Waals surface area contributed by atoms with Gasteiger partial charge in [-0.05, 0) is 12.0 Å². The molecule has 0 unspecified atom stereocenters. The van der Waals surface area contributed by atoms with E-state index in [1.807, 2.05) is 36.3 Å². The van der Waals surface area contributed by atoms with Crippen LogP contribution in [0.2, 0.25) is 0 Å². The average molecular weight is 471 g/mol. The summed E-state index contributed by atoms with van der Waals surface area (Å²) in [6.07, 6.45) is 4.14. The minimum absolute atomic E-state index is 0. The van der Waals surface area contributed by atoms with Crippen molar-refractivity contribution >= 4 is 29.9 Å². The quantitative estimate of drug-likeness (QED) is 0.254. The molecule has 6 nitrogen and oxygen atoms in total. The number of unbranched alkanes of at least 4 members (excludes halogenated alkanes) is 1. The fourth-order valence-electron chi connectivity index (χ4n) is 2.47. The molecule has 0 atom stereocenters. The molecule has 0 aliphatic rings. The number of hydrogen-bond donors (Lipinski definition) is 2. The molecule has 0 saturated heterocycles. The molecule has 144 valence electrons. The van der Waals surface area contributed by atoms with Crippen molar-refractivity contribution in [1.82, 2.24) is 20.2 Å². The zero-order chi connectivity index (χ0) is 17.9. The van der Waals surface area contributed by atoms with Gasteiger partial charge in [-0.25, -0.2) is 4.98 Å². The lowest BCUT2D eigenvalue weighted by Crippen LogP contribution is -2.40. The molecule has 0 amide bonds. The highest BCUT2D eigenvalue weighted by molar-refractivity contribution is 14.0. The number of aromatic nitrogens is 2. The second-order valence-electron chi connectivity index (χ2n) is 5.91. The van der Waals surface area contributed by atoms with Gasteiger partial charge >= 0.3 is 0 Å². The number of imidazole rings is 1. The third-order valence-corrected chi connectivity index (χ3v) is 3.85. The van der Waals surface area contributed by atoms with Crippen LogP contribution < -0.4 is 5.32 Å². The Balaban J connectivity index is 0.00000338. The van der Waals surface area contributed by atoms with E-state index in [9.17, 15) is 0 Å². The number of nitrogens with zero attached hydrogens (tertiary/aromatic N) is 3. The molecule has 0 spiro atoms. The van der Waals surface area contributed by atoms with Gasteiger partial charge in [-0.2, -0.15) is 0 Å². The summed E-state index contributed by atoms with van der Waals surface area (Å²) in [7, 11) is 3.78. The monoisotopic (exact) mass is 471 g/mol. The zero-order valence-corrected chi connectivity index (χ0v) is 18.2. The SMILES string of the molecule is CCCCOCCNC(=NC)N(C)Cc1ncc(-c2ccccc2)[nH]1.I. The van der Waals surface area contributed by atoms with Crippen molar-refractivity contribution in [2.24, 2.45) is 4.99 Å². The first-order chi connectivity index (χ1) is 12.2. The van der Waals surface area contributed by atoms with E-state index in [1.54, 1.807) is 7.05 Å². The van der Waals surface area contributed by atoms with Crippen LogP contribution in [0.5, 0.6) is 0 Å². The van der Waals surface area contributed by atoms with Crippen LogP contribution in [0.3, 0.4) is 0 Å². The number of rotatable bonds is 9. The molecule has 2 rings (SSSR count). The van der Waals surface area contributed by atoms with E-state index in [-0.39, 0.29) is 24.0 Å². The van der Waals surface area contributed by atoms with E-state index in [2.05, 4.69) is 39.3 Å². The van der Waals surface area contributed by atoms with E-state index >= 15 is 0 Å². The summed E-state index contributed by atoms with van der Waals surface area (Å²) in [5, 5.41) is 3.31. The number of aliphatic imine (C=N–C) groups is 1. The first-order valence-electron chi connectivity index (χ1n) is 8.83. The van der Waals surface area contributed by atoms with Crippen molar-refractivity contribution in [3.05, 3.63) is 42.4 Å². The average Bonchev–Trinajstić information content (AvgIpc) is 3.10. The maximum Gasteiger partial charge on any atom is 0.193 e. The fraction of sp³-hybridized carbons (Fsp3) is 0.474. The molecule has 0 bridgehead atoms. The van der Waals surface area contributed by atoms with Crippen molar-refractivity contribution in [3.8, 4) is 11.3 Å². The molecule has 1 aromatic heterocycles. The minimum Gasteiger partial charge on any atom is -0.380 e. The molecular weight excluding hydrogens is 441 g/mol. The van der Waals surface area contributed by atoms with Crippen LogP contribution in [0.15, 0.2) is 41.5 Å². The normalized spacial score (nSPS) is 11.1. The Kier molecular flexibility index (Phi) is 11.0. The van der Waals surface area contributed by atoms with Crippen molar-refractivity contribution in [2.45, 2.75) is 26.3 Å². The molecule has 1 aromatic carbocycles. The minimum atomic E-state index is 0. The lowest BCUT2D eigenvalue weighted by molar-refractivity contribution is 0.135. The Morgan fingerprint density at radius 3 is 2.73 bits per heavy atom. The van der Waals surface area contributed by atoms with Crippen LogP contribution in [0.4, 0.5) is 0 Å². The number of hydrogen-bond acceptors (Lipinski definition) is 3. The Morgan fingerprint density at radius 1 is 1.27 bits per heavy atom. The Hall–Kier alpha value is -1.61. The Bertz CT molecular complexity index is 644. The third-order valence-electron chi connectivity index (χ3n) is 3.85. The van der Waals surface area contributed by atoms with Crippen LogP contribution in [-0.4, -0.2) is 54.7 Å². The highest BCUT2D eigenvalue weighted by atomic mass is 127. The molecule has 0 radical (unpaired) electrons. The highest BCUT2D eigenvalue weighted by Gasteiger charge is 2.09. The summed E-state index contributed by atoms with van der Waals surface area (Å²) in [6.45, 7) is 5.07. The number of nitrogens with one attached hydrogen (secondary N) is 2. The Morgan fingerprint density at radius 2 is 2.04 bits per heavy atom. The van der Waals surface area contributed by atoms with Crippen LogP contribution in [0, 0.1) is 0 Å². The molecule has 0 saturated carbocycles. The van der Waals surface area contributed by atoms with Crippen molar-refractivity contribution < 1.29 is 4.74 Å². The van der Waals surface area contributed by atoms with Crippen molar-refractivity contribution in [1.29, 1.82) is 0 Å². The summed E-state index contributed by atoms with van der Waals surface area (Å²) in [4.78, 5) is 14.2. The second-order valence-corrected chi connectivity index (χ2v) is 5.91. The number of aromatic amines is 1. The molecular formula is C19H30IN5O. The topological polar surface area (TPSA) is 65.5 Å². The van der Waals surface area contributed by atoms with Gasteiger partial charge in [0.2, 0.25) is 0 Å². The summed E-state index contributed by atoms with van der Waals surface area (Å²) in [5.74, 6) is 1.74. The summed E-state index contributed by atoms with van der Waals surface area (Å²) >= 11 is 0. The number of H-pyrrole nitrogens is 1. The molecule has 0 aliphatic heterocycles. The lowest BCUT2D eigenvalue weighted by atomic mass is 10.2. The molecule has 0 aliphatic carbocycles. The van der Waals surface area contributed by atoms with Gasteiger partial charge in [-0.3, -0.25) is 4.99 Å². The van der Waals surface area contributed by atoms with Crippen LogP contribution in [0.25, 0.3) is 11.3 Å². The van der Waals surface area contributed by atoms with Crippen molar-refractivity contribution in [2.75, 3.05) is 33.9 Å². The van der Waals surface area contributed by atoms with E-state index in [1.165, 1.54) is 0 Å². The predicted molar refractivity (Wildman–Crippen MR) is 118 cm³/mol. The molecule has 26 heavy (non-hydrogen) atoms. The second kappa shape index (κ2) is 12.7. The number of halogens is 1. The van der Waals surface area contributed by atoms with Gasteiger partial charge in [0.05, 0.1) is 25.0 Å². The Labute approximate surface area is 173 Å². The smallest absolute Gasteiger partial charge is 0.193 e. The highest BCUT2D eigenvalue weighted by Crippen LogP contribution is 2.16. The molecule has 2 aromatic rings. The van der Waals surface area contributed by atoms with Gasteiger partial charge in [0.1, 0.15) is 5.82 Å². The number of guanidine groups is 1. The van der Waals surface area contributed by atoms with Gasteiger partial charge in [0, 0.05) is 27.2 Å². The van der Waals surface area contributed by atoms with Gasteiger partial charge in [-0.1, -0.05) is 43.7 Å². The summed E-state index contributed by atoms with van der Waals surface area (Å²) in [6, 6.07) is 10.2. The maximum atomic E-state index is 5.56. The van der Waals surface area contributed by atoms with Crippen molar-refractivity contribution in [3.63, 3.8) is 0 Å². The van der Waals surface area contributed by atoms with Gasteiger partial charge in [0.25, 0.3) is 0 Å². The largest absolute Gasteiger partial charge is 0.380 e. The van der Waals surface area contributed by atoms with Crippen LogP contribution in [-0.2, 0) is 11.3 Å². The van der Waals surface area contributed by atoms with E-state index in [4.69, 9.17) is 4.74 Å². The van der Waals surface area contributed by atoms with E-state index in [0.29, 0.717) is 13.2 Å². The lowest BCUT2D eigenvalue weighted by Gasteiger charge is -2.21. The van der Waals surface area contributed by atoms with E-state index in [0.717, 1.165) is 49.0 Å². The predicted octanol–water partition coefficient (Wildman–Crippen LogP) is 3.52. The third kappa shape index (κ3) is 7.33. The number of ether oxygens (including phenoxy) is 1. The summed E-state index contributed by atoms with van der Waals surface area (Å²) in [5.41, 5.74) is 2.16. The molecule has 0 fully saturated rings. The summed E-state index contributed by atoms with van der Waals surface area (Å²) < 4.78 is 5.56.